The monoisotopic (exact) mass is 606 g/mol. The van der Waals surface area contributed by atoms with E-state index in [-0.39, 0.29) is 12.1 Å². The van der Waals surface area contributed by atoms with Gasteiger partial charge in [0, 0.05) is 49.5 Å². The van der Waals surface area contributed by atoms with E-state index >= 15 is 0 Å². The molecule has 2 aromatic carbocycles. The molecule has 3 N–H and O–H groups in total. The van der Waals surface area contributed by atoms with Crippen molar-refractivity contribution in [1.29, 1.82) is 0 Å². The topological polar surface area (TPSA) is 65.6 Å². The second-order valence-electron chi connectivity index (χ2n) is 12.1. The van der Waals surface area contributed by atoms with Crippen LogP contribution in [0.25, 0.3) is 0 Å². The van der Waals surface area contributed by atoms with Gasteiger partial charge >= 0.3 is 6.18 Å². The van der Waals surface area contributed by atoms with Gasteiger partial charge in [-0.1, -0.05) is 37.7 Å². The molecule has 1 saturated heterocycles. The van der Waals surface area contributed by atoms with Crippen LogP contribution in [0.2, 0.25) is 19.6 Å². The number of anilines is 2. The van der Waals surface area contributed by atoms with E-state index in [1.54, 1.807) is 0 Å². The average molecular weight is 607 g/mol. The van der Waals surface area contributed by atoms with Gasteiger partial charge in [-0.05, 0) is 55.8 Å². The van der Waals surface area contributed by atoms with Gasteiger partial charge in [-0.25, -0.2) is 4.39 Å². The van der Waals surface area contributed by atoms with Gasteiger partial charge in [-0.2, -0.15) is 13.2 Å². The molecule has 0 aromatic heterocycles. The van der Waals surface area contributed by atoms with Crippen LogP contribution in [0.15, 0.2) is 48.5 Å². The minimum absolute atomic E-state index is 0.0716. The number of nitrogens with zero attached hydrogens (tertiary/aromatic N) is 1. The highest BCUT2D eigenvalue weighted by atomic mass is 28.3. The quantitative estimate of drug-likeness (QED) is 0.133. The molecule has 0 spiro atoms. The Morgan fingerprint density at radius 3 is 2.14 bits per heavy atom. The van der Waals surface area contributed by atoms with Crippen LogP contribution in [0, 0.1) is 11.5 Å². The number of ether oxygens (including phenoxy) is 1. The molecule has 0 bridgehead atoms. The molecule has 11 heteroatoms. The molecule has 6 nitrogen and oxygen atoms in total. The maximum Gasteiger partial charge on any atom is 0.407 e. The third-order valence-electron chi connectivity index (χ3n) is 6.52. The Kier molecular flexibility index (Phi) is 11.5. The maximum atomic E-state index is 14.6. The van der Waals surface area contributed by atoms with Crippen molar-refractivity contribution in [3.63, 3.8) is 0 Å². The van der Waals surface area contributed by atoms with Gasteiger partial charge in [0.1, 0.15) is 19.8 Å². The average Bonchev–Trinajstić information content (AvgIpc) is 2.91. The first kappa shape index (κ1) is 33.4. The van der Waals surface area contributed by atoms with Crippen molar-refractivity contribution in [3.05, 3.63) is 59.7 Å². The second kappa shape index (κ2) is 14.4. The van der Waals surface area contributed by atoms with E-state index in [2.05, 4.69) is 52.0 Å². The van der Waals surface area contributed by atoms with Crippen molar-refractivity contribution in [3.8, 4) is 11.5 Å². The molecule has 2 unspecified atom stereocenters. The summed E-state index contributed by atoms with van der Waals surface area (Å²) in [5.74, 6) is 2.32. The summed E-state index contributed by atoms with van der Waals surface area (Å²) in [5, 5.41) is 8.24. The molecule has 1 heterocycles. The fourth-order valence-electron chi connectivity index (χ4n) is 4.44. The first-order chi connectivity index (χ1) is 19.6. The SMILES string of the molecule is CC(C)(F)CC(NC(c1ccc(C#C[Si](C)(C)C)cc1)C(F)(F)F)C(=O)NCCNc1ccc(N2CCOCC2)cc1. The smallest absolute Gasteiger partial charge is 0.383 e. The summed E-state index contributed by atoms with van der Waals surface area (Å²) in [7, 11) is -1.65. The number of rotatable bonds is 11. The van der Waals surface area contributed by atoms with Gasteiger partial charge in [-0.3, -0.25) is 10.1 Å². The first-order valence-electron chi connectivity index (χ1n) is 14.2. The molecule has 230 valence electrons. The molecule has 42 heavy (non-hydrogen) atoms. The molecule has 0 saturated carbocycles. The zero-order chi connectivity index (χ0) is 31.0. The van der Waals surface area contributed by atoms with Crippen LogP contribution in [0.1, 0.15) is 37.4 Å². The lowest BCUT2D eigenvalue weighted by Crippen LogP contribution is -2.51. The number of hydrogen-bond donors (Lipinski definition) is 3. The molecule has 1 fully saturated rings. The number of hydrogen-bond acceptors (Lipinski definition) is 5. The Hall–Kier alpha value is -3.07. The highest BCUT2D eigenvalue weighted by Gasteiger charge is 2.43. The molecule has 2 atom stereocenters. The Morgan fingerprint density at radius 1 is 0.976 bits per heavy atom. The van der Waals surface area contributed by atoms with E-state index in [9.17, 15) is 22.4 Å². The molecule has 1 aliphatic rings. The van der Waals surface area contributed by atoms with E-state index in [4.69, 9.17) is 4.74 Å². The van der Waals surface area contributed by atoms with Crippen molar-refractivity contribution < 1.29 is 27.1 Å². The number of carbonyl (C=O) groups excluding carboxylic acids is 1. The largest absolute Gasteiger partial charge is 0.407 e. The zero-order valence-corrected chi connectivity index (χ0v) is 26.0. The van der Waals surface area contributed by atoms with Crippen molar-refractivity contribution in [2.45, 2.75) is 63.8 Å². The summed E-state index contributed by atoms with van der Waals surface area (Å²) in [4.78, 5) is 15.2. The number of benzene rings is 2. The first-order valence-corrected chi connectivity index (χ1v) is 17.7. The third kappa shape index (κ3) is 11.3. The van der Waals surface area contributed by atoms with Crippen LogP contribution in [0.5, 0.6) is 0 Å². The fourth-order valence-corrected chi connectivity index (χ4v) is 4.96. The van der Waals surface area contributed by atoms with E-state index in [1.165, 1.54) is 38.1 Å². The van der Waals surface area contributed by atoms with Crippen LogP contribution >= 0.6 is 0 Å². The third-order valence-corrected chi connectivity index (χ3v) is 7.40. The molecule has 0 radical (unpaired) electrons. The van der Waals surface area contributed by atoms with Crippen molar-refractivity contribution in [2.24, 2.45) is 0 Å². The minimum Gasteiger partial charge on any atom is -0.383 e. The summed E-state index contributed by atoms with van der Waals surface area (Å²) in [6.07, 6.45) is -5.14. The summed E-state index contributed by atoms with van der Waals surface area (Å²) in [6, 6.07) is 10.1. The van der Waals surface area contributed by atoms with Crippen LogP contribution < -0.4 is 20.9 Å². The predicted molar refractivity (Wildman–Crippen MR) is 163 cm³/mol. The number of alkyl halides is 4. The van der Waals surface area contributed by atoms with Gasteiger partial charge in [0.2, 0.25) is 5.91 Å². The summed E-state index contributed by atoms with van der Waals surface area (Å²) in [5.41, 5.74) is 3.79. The number of morpholine rings is 1. The van der Waals surface area contributed by atoms with Crippen molar-refractivity contribution >= 4 is 25.4 Å². The predicted octanol–water partition coefficient (Wildman–Crippen LogP) is 5.68. The molecular formula is C31H42F4N4O2Si. The number of amides is 1. The lowest BCUT2D eigenvalue weighted by Gasteiger charge is -2.30. The maximum absolute atomic E-state index is 14.6. The molecule has 0 aliphatic carbocycles. The van der Waals surface area contributed by atoms with Crippen molar-refractivity contribution in [2.75, 3.05) is 49.6 Å². The van der Waals surface area contributed by atoms with E-state index in [0.29, 0.717) is 25.3 Å². The van der Waals surface area contributed by atoms with Gasteiger partial charge in [0.25, 0.3) is 0 Å². The Balaban J connectivity index is 1.62. The standard InChI is InChI=1S/C31H42F4N4O2Si/c1-30(2,32)22-27(38-28(31(33,34)35)24-8-6-23(7-9-24)14-21-42(3,4)5)29(40)37-16-15-36-25-10-12-26(13-11-25)39-17-19-41-20-18-39/h6-13,27-28,36,38H,15-20,22H2,1-5H3,(H,37,40). The highest BCUT2D eigenvalue weighted by Crippen LogP contribution is 2.34. The normalized spacial score (nSPS) is 15.8. The number of nitrogens with one attached hydrogen (secondary N) is 3. The Morgan fingerprint density at radius 2 is 1.60 bits per heavy atom. The molecule has 1 amide bonds. The van der Waals surface area contributed by atoms with E-state index in [0.717, 1.165) is 24.5 Å². The molecule has 2 aromatic rings. The minimum atomic E-state index is -4.71. The van der Waals surface area contributed by atoms with Gasteiger partial charge in [0.15, 0.2) is 0 Å². The summed E-state index contributed by atoms with van der Waals surface area (Å²) < 4.78 is 62.5. The molecule has 1 aliphatic heterocycles. The Labute approximate surface area is 247 Å². The number of halogens is 4. The lowest BCUT2D eigenvalue weighted by atomic mass is 9.97. The zero-order valence-electron chi connectivity index (χ0n) is 25.0. The number of carbonyl (C=O) groups is 1. The lowest BCUT2D eigenvalue weighted by molar-refractivity contribution is -0.161. The van der Waals surface area contributed by atoms with Crippen LogP contribution in [-0.2, 0) is 9.53 Å². The highest BCUT2D eigenvalue weighted by molar-refractivity contribution is 6.83. The second-order valence-corrected chi connectivity index (χ2v) is 16.9. The van der Waals surface area contributed by atoms with E-state index < -0.39 is 44.3 Å². The van der Waals surface area contributed by atoms with Crippen LogP contribution in [-0.4, -0.2) is 71.3 Å². The van der Waals surface area contributed by atoms with Gasteiger partial charge in [-0.15, -0.1) is 5.54 Å². The fraction of sp³-hybridized carbons (Fsp3) is 0.516. The van der Waals surface area contributed by atoms with Gasteiger partial charge in [0.05, 0.1) is 19.3 Å². The summed E-state index contributed by atoms with van der Waals surface area (Å²) >= 11 is 0. The van der Waals surface area contributed by atoms with Gasteiger partial charge < -0.3 is 20.3 Å². The van der Waals surface area contributed by atoms with E-state index in [1.807, 2.05) is 24.3 Å². The van der Waals surface area contributed by atoms with Crippen molar-refractivity contribution in [1.82, 2.24) is 10.6 Å². The van der Waals surface area contributed by atoms with Crippen LogP contribution in [0.4, 0.5) is 28.9 Å². The Bertz CT molecular complexity index is 1210. The molecular weight excluding hydrogens is 564 g/mol. The summed E-state index contributed by atoms with van der Waals surface area (Å²) in [6.45, 7) is 12.3. The van der Waals surface area contributed by atoms with Crippen LogP contribution in [0.3, 0.4) is 0 Å². The molecule has 3 rings (SSSR count).